The molecule has 1 amide bonds. The molecule has 0 saturated carbocycles. The molecule has 1 aromatic heterocycles. The molecule has 0 bridgehead atoms. The predicted molar refractivity (Wildman–Crippen MR) is 99.6 cm³/mol. The van der Waals surface area contributed by atoms with Crippen molar-refractivity contribution < 1.29 is 22.4 Å². The lowest BCUT2D eigenvalue weighted by atomic mass is 10.2. The van der Waals surface area contributed by atoms with Gasteiger partial charge in [-0.2, -0.15) is 13.2 Å². The van der Waals surface area contributed by atoms with Crippen LogP contribution in [0, 0.1) is 12.7 Å². The van der Waals surface area contributed by atoms with E-state index in [2.05, 4.69) is 15.3 Å². The van der Waals surface area contributed by atoms with Crippen LogP contribution >= 0.6 is 11.8 Å². The van der Waals surface area contributed by atoms with E-state index in [1.165, 1.54) is 25.1 Å². The number of anilines is 1. The summed E-state index contributed by atoms with van der Waals surface area (Å²) in [5.41, 5.74) is 0.845. The number of alkyl halides is 3. The van der Waals surface area contributed by atoms with Gasteiger partial charge in [-0.05, 0) is 37.6 Å². The number of nitrogens with zero attached hydrogens (tertiary/aromatic N) is 2. The fraction of sp³-hybridized carbons (Fsp3) is 0.211. The van der Waals surface area contributed by atoms with Crippen molar-refractivity contribution in [2.45, 2.75) is 30.3 Å². The third-order valence-corrected chi connectivity index (χ3v) is 5.02. The van der Waals surface area contributed by atoms with E-state index >= 15 is 0 Å². The zero-order valence-corrected chi connectivity index (χ0v) is 15.7. The highest BCUT2D eigenvalue weighted by Crippen LogP contribution is 2.33. The van der Waals surface area contributed by atoms with Crippen LogP contribution in [-0.4, -0.2) is 21.1 Å². The number of aryl methyl sites for hydroxylation is 1. The topological polar surface area (TPSA) is 54.9 Å². The molecule has 3 aromatic rings. The van der Waals surface area contributed by atoms with Crippen LogP contribution in [0.1, 0.15) is 18.3 Å². The van der Waals surface area contributed by atoms with Gasteiger partial charge in [0.25, 0.3) is 0 Å². The number of carbonyl (C=O) groups excluding carboxylic acids is 1. The van der Waals surface area contributed by atoms with Gasteiger partial charge in [-0.3, -0.25) is 4.79 Å². The smallest absolute Gasteiger partial charge is 0.325 e. The second kappa shape index (κ2) is 7.75. The minimum Gasteiger partial charge on any atom is -0.325 e. The molecule has 4 nitrogen and oxygen atoms in total. The maximum atomic E-state index is 13.6. The van der Waals surface area contributed by atoms with Gasteiger partial charge in [0.2, 0.25) is 11.7 Å². The third kappa shape index (κ3) is 4.41. The predicted octanol–water partition coefficient (Wildman–Crippen LogP) is 5.22. The Morgan fingerprint density at radius 2 is 1.86 bits per heavy atom. The molecule has 1 atom stereocenters. The molecule has 0 fully saturated rings. The minimum absolute atomic E-state index is 0.0515. The van der Waals surface area contributed by atoms with Gasteiger partial charge in [0.05, 0.1) is 10.8 Å². The number of aromatic nitrogens is 2. The van der Waals surface area contributed by atoms with Crippen molar-refractivity contribution in [2.75, 3.05) is 5.32 Å². The van der Waals surface area contributed by atoms with E-state index in [9.17, 15) is 22.4 Å². The molecule has 2 aromatic carbocycles. The fourth-order valence-electron chi connectivity index (χ4n) is 2.40. The zero-order valence-electron chi connectivity index (χ0n) is 14.8. The number of thioether (sulfide) groups is 1. The number of nitrogens with one attached hydrogen (secondary N) is 1. The van der Waals surface area contributed by atoms with E-state index in [4.69, 9.17) is 0 Å². The Labute approximate surface area is 162 Å². The standard InChI is InChI=1S/C19H15F4N3OS/c1-10-7-8-12(9-14(10)20)24-16(27)11(2)28-17-13-5-3-4-6-15(13)25-18(26-17)19(21,22)23/h3-9,11H,1-2H3,(H,24,27). The second-order valence-electron chi connectivity index (χ2n) is 6.08. The van der Waals surface area contributed by atoms with Crippen LogP contribution in [0.25, 0.3) is 10.9 Å². The molecule has 0 spiro atoms. The summed E-state index contributed by atoms with van der Waals surface area (Å²) in [6.45, 7) is 3.13. The van der Waals surface area contributed by atoms with E-state index < -0.39 is 29.0 Å². The van der Waals surface area contributed by atoms with Gasteiger partial charge in [-0.25, -0.2) is 14.4 Å². The van der Waals surface area contributed by atoms with Gasteiger partial charge in [0.15, 0.2) is 0 Å². The summed E-state index contributed by atoms with van der Waals surface area (Å²) in [6, 6.07) is 10.5. The molecule has 28 heavy (non-hydrogen) atoms. The monoisotopic (exact) mass is 409 g/mol. The van der Waals surface area contributed by atoms with Crippen LogP contribution in [0.5, 0.6) is 0 Å². The number of benzene rings is 2. The first-order chi connectivity index (χ1) is 13.1. The zero-order chi connectivity index (χ0) is 20.5. The van der Waals surface area contributed by atoms with Gasteiger partial charge in [0.1, 0.15) is 10.8 Å². The Balaban J connectivity index is 1.86. The van der Waals surface area contributed by atoms with Crippen molar-refractivity contribution in [3.63, 3.8) is 0 Å². The van der Waals surface area contributed by atoms with Gasteiger partial charge < -0.3 is 5.32 Å². The number of hydrogen-bond acceptors (Lipinski definition) is 4. The van der Waals surface area contributed by atoms with Crippen molar-refractivity contribution in [1.82, 2.24) is 9.97 Å². The van der Waals surface area contributed by atoms with Crippen molar-refractivity contribution in [3.05, 3.63) is 59.7 Å². The molecule has 1 heterocycles. The Morgan fingerprint density at radius 1 is 1.14 bits per heavy atom. The highest BCUT2D eigenvalue weighted by molar-refractivity contribution is 8.00. The summed E-state index contributed by atoms with van der Waals surface area (Å²) in [7, 11) is 0. The van der Waals surface area contributed by atoms with Crippen molar-refractivity contribution >= 4 is 34.3 Å². The van der Waals surface area contributed by atoms with E-state index in [1.807, 2.05) is 0 Å². The summed E-state index contributed by atoms with van der Waals surface area (Å²) < 4.78 is 52.9. The lowest BCUT2D eigenvalue weighted by molar-refractivity contribution is -0.145. The summed E-state index contributed by atoms with van der Waals surface area (Å²) in [5, 5.41) is 2.25. The Kier molecular flexibility index (Phi) is 5.55. The van der Waals surface area contributed by atoms with Gasteiger partial charge >= 0.3 is 6.18 Å². The Morgan fingerprint density at radius 3 is 2.54 bits per heavy atom. The van der Waals surface area contributed by atoms with Crippen LogP contribution < -0.4 is 5.32 Å². The number of para-hydroxylation sites is 1. The first-order valence-corrected chi connectivity index (χ1v) is 9.11. The molecule has 0 aliphatic heterocycles. The maximum absolute atomic E-state index is 13.6. The summed E-state index contributed by atoms with van der Waals surface area (Å²) in [6.07, 6.45) is -4.70. The summed E-state index contributed by atoms with van der Waals surface area (Å²) in [5.74, 6) is -2.21. The average Bonchev–Trinajstić information content (AvgIpc) is 2.63. The van der Waals surface area contributed by atoms with Crippen LogP contribution in [0.4, 0.5) is 23.2 Å². The SMILES string of the molecule is Cc1ccc(NC(=O)C(C)Sc2nc(C(F)(F)F)nc3ccccc23)cc1F. The van der Waals surface area contributed by atoms with Gasteiger partial charge in [-0.15, -0.1) is 0 Å². The van der Waals surface area contributed by atoms with Crippen molar-refractivity contribution in [2.24, 2.45) is 0 Å². The van der Waals surface area contributed by atoms with E-state index in [-0.39, 0.29) is 16.2 Å². The third-order valence-electron chi connectivity index (χ3n) is 3.92. The number of halogens is 4. The number of hydrogen-bond donors (Lipinski definition) is 1. The minimum atomic E-state index is -4.70. The molecular formula is C19H15F4N3OS. The molecular weight excluding hydrogens is 394 g/mol. The van der Waals surface area contributed by atoms with Crippen LogP contribution in [0.2, 0.25) is 0 Å². The van der Waals surface area contributed by atoms with E-state index in [0.717, 1.165) is 11.8 Å². The number of rotatable bonds is 4. The van der Waals surface area contributed by atoms with Gasteiger partial charge in [0, 0.05) is 11.1 Å². The molecule has 0 aliphatic rings. The maximum Gasteiger partial charge on any atom is 0.451 e. The highest BCUT2D eigenvalue weighted by atomic mass is 32.2. The van der Waals surface area contributed by atoms with Crippen molar-refractivity contribution in [3.8, 4) is 0 Å². The Hall–Kier alpha value is -2.68. The molecule has 1 unspecified atom stereocenters. The Bertz CT molecular complexity index is 1040. The second-order valence-corrected chi connectivity index (χ2v) is 7.41. The molecule has 0 aliphatic carbocycles. The van der Waals surface area contributed by atoms with E-state index in [0.29, 0.717) is 10.9 Å². The summed E-state index contributed by atoms with van der Waals surface area (Å²) >= 11 is 0.881. The molecule has 0 saturated heterocycles. The molecule has 146 valence electrons. The highest BCUT2D eigenvalue weighted by Gasteiger charge is 2.36. The number of fused-ring (bicyclic) bond motifs is 1. The number of carbonyl (C=O) groups is 1. The molecule has 3 rings (SSSR count). The van der Waals surface area contributed by atoms with Crippen molar-refractivity contribution in [1.29, 1.82) is 0 Å². The van der Waals surface area contributed by atoms with Crippen LogP contribution in [0.15, 0.2) is 47.5 Å². The fourth-order valence-corrected chi connectivity index (χ4v) is 3.34. The van der Waals surface area contributed by atoms with Crippen LogP contribution in [-0.2, 0) is 11.0 Å². The quantitative estimate of drug-likeness (QED) is 0.365. The lowest BCUT2D eigenvalue weighted by Gasteiger charge is -2.14. The molecule has 9 heteroatoms. The normalized spacial score (nSPS) is 12.8. The van der Waals surface area contributed by atoms with Crippen LogP contribution in [0.3, 0.4) is 0 Å². The lowest BCUT2D eigenvalue weighted by Crippen LogP contribution is -2.23. The first kappa shape index (κ1) is 20.1. The van der Waals surface area contributed by atoms with Gasteiger partial charge in [-0.1, -0.05) is 36.0 Å². The molecule has 0 radical (unpaired) electrons. The number of amides is 1. The average molecular weight is 409 g/mol. The largest absolute Gasteiger partial charge is 0.451 e. The van der Waals surface area contributed by atoms with E-state index in [1.54, 1.807) is 31.2 Å². The molecule has 1 N–H and O–H groups in total. The first-order valence-electron chi connectivity index (χ1n) is 8.23. The summed E-state index contributed by atoms with van der Waals surface area (Å²) in [4.78, 5) is 19.6.